The molecule has 0 bridgehead atoms. The number of methoxy groups -OCH3 is 1. The normalized spacial score (nSPS) is 24.2. The fourth-order valence-electron chi connectivity index (χ4n) is 3.80. The predicted molar refractivity (Wildman–Crippen MR) is 95.0 cm³/mol. The van der Waals surface area contributed by atoms with Crippen LogP contribution in [0.2, 0.25) is 0 Å². The van der Waals surface area contributed by atoms with Crippen LogP contribution in [0.4, 0.5) is 4.39 Å². The Balaban J connectivity index is 0.00000225. The second-order valence-electron chi connectivity index (χ2n) is 6.57. The summed E-state index contributed by atoms with van der Waals surface area (Å²) in [7, 11) is 1.56. The molecule has 0 saturated carbocycles. The summed E-state index contributed by atoms with van der Waals surface area (Å²) in [5, 5.41) is 14.9. The van der Waals surface area contributed by atoms with Gasteiger partial charge in [-0.1, -0.05) is 0 Å². The van der Waals surface area contributed by atoms with Crippen LogP contribution in [-0.2, 0) is 15.9 Å². The molecule has 1 aromatic rings. The van der Waals surface area contributed by atoms with E-state index in [1.165, 1.54) is 12.1 Å². The zero-order valence-electron chi connectivity index (χ0n) is 14.5. The predicted octanol–water partition coefficient (Wildman–Crippen LogP) is 1.94. The van der Waals surface area contributed by atoms with E-state index in [4.69, 9.17) is 14.2 Å². The van der Waals surface area contributed by atoms with Gasteiger partial charge in [-0.2, -0.15) is 0 Å². The van der Waals surface area contributed by atoms with Gasteiger partial charge in [0, 0.05) is 32.7 Å². The molecule has 25 heavy (non-hydrogen) atoms. The van der Waals surface area contributed by atoms with Crippen molar-refractivity contribution in [1.29, 1.82) is 0 Å². The molecule has 0 radical (unpaired) electrons. The van der Waals surface area contributed by atoms with Gasteiger partial charge in [0.2, 0.25) is 0 Å². The first-order valence-electron chi connectivity index (χ1n) is 8.58. The van der Waals surface area contributed by atoms with Crippen molar-refractivity contribution < 1.29 is 23.7 Å². The minimum atomic E-state index is -1.09. The van der Waals surface area contributed by atoms with E-state index in [0.29, 0.717) is 44.1 Å². The first-order valence-corrected chi connectivity index (χ1v) is 8.58. The van der Waals surface area contributed by atoms with Gasteiger partial charge in [-0.25, -0.2) is 4.39 Å². The highest BCUT2D eigenvalue weighted by molar-refractivity contribution is 5.85. The molecule has 2 saturated heterocycles. The van der Waals surface area contributed by atoms with E-state index >= 15 is 0 Å². The topological polar surface area (TPSA) is 60.0 Å². The summed E-state index contributed by atoms with van der Waals surface area (Å²) in [6.07, 6.45) is 1.51. The average molecular weight is 376 g/mol. The molecule has 142 valence electrons. The van der Waals surface area contributed by atoms with Crippen LogP contribution in [0.5, 0.6) is 5.75 Å². The van der Waals surface area contributed by atoms with E-state index in [1.54, 1.807) is 13.2 Å². The molecule has 2 heterocycles. The van der Waals surface area contributed by atoms with Crippen molar-refractivity contribution >= 4 is 12.4 Å². The molecule has 2 atom stereocenters. The highest BCUT2D eigenvalue weighted by Gasteiger charge is 2.46. The maximum Gasteiger partial charge on any atom is 0.123 e. The third-order valence-electron chi connectivity index (χ3n) is 5.13. The van der Waals surface area contributed by atoms with Crippen LogP contribution in [0.3, 0.4) is 0 Å². The van der Waals surface area contributed by atoms with Crippen LogP contribution in [0.25, 0.3) is 0 Å². The van der Waals surface area contributed by atoms with Crippen LogP contribution in [0.15, 0.2) is 18.2 Å². The summed E-state index contributed by atoms with van der Waals surface area (Å²) in [4.78, 5) is 0. The van der Waals surface area contributed by atoms with Crippen molar-refractivity contribution in [1.82, 2.24) is 5.32 Å². The van der Waals surface area contributed by atoms with Crippen LogP contribution in [-0.4, -0.2) is 56.8 Å². The molecule has 2 N–H and O–H groups in total. The Hall–Kier alpha value is -0.920. The number of hydrogen-bond donors (Lipinski definition) is 2. The lowest BCUT2D eigenvalue weighted by Gasteiger charge is -2.45. The number of aliphatic hydroxyl groups is 1. The van der Waals surface area contributed by atoms with E-state index in [-0.39, 0.29) is 30.2 Å². The van der Waals surface area contributed by atoms with Gasteiger partial charge in [-0.05, 0) is 42.5 Å². The molecule has 2 fully saturated rings. The maximum absolute atomic E-state index is 13.7. The lowest BCUT2D eigenvalue weighted by Crippen LogP contribution is -2.59. The first kappa shape index (κ1) is 20.4. The molecular formula is C18H27ClFNO4. The summed E-state index contributed by atoms with van der Waals surface area (Å²) in [5.74, 6) is 0.303. The maximum atomic E-state index is 13.7. The van der Waals surface area contributed by atoms with Crippen LogP contribution >= 0.6 is 12.4 Å². The lowest BCUT2D eigenvalue weighted by atomic mass is 9.74. The van der Waals surface area contributed by atoms with Crippen LogP contribution < -0.4 is 10.1 Å². The molecule has 5 nitrogen and oxygen atoms in total. The Bertz CT molecular complexity index is 530. The lowest BCUT2D eigenvalue weighted by molar-refractivity contribution is -0.163. The Morgan fingerprint density at radius 2 is 2.08 bits per heavy atom. The minimum absolute atomic E-state index is 0. The number of halogens is 2. The Labute approximate surface area is 154 Å². The van der Waals surface area contributed by atoms with Crippen molar-refractivity contribution in [2.45, 2.75) is 31.0 Å². The number of ether oxygens (including phenoxy) is 3. The van der Waals surface area contributed by atoms with Gasteiger partial charge in [0.1, 0.15) is 11.6 Å². The zero-order valence-corrected chi connectivity index (χ0v) is 15.3. The molecule has 3 rings (SSSR count). The number of rotatable bonds is 5. The molecule has 0 unspecified atom stereocenters. The minimum Gasteiger partial charge on any atom is -0.496 e. The first-order chi connectivity index (χ1) is 11.6. The Morgan fingerprint density at radius 1 is 1.32 bits per heavy atom. The van der Waals surface area contributed by atoms with Gasteiger partial charge in [-0.15, -0.1) is 12.4 Å². The van der Waals surface area contributed by atoms with Gasteiger partial charge in [0.25, 0.3) is 0 Å². The van der Waals surface area contributed by atoms with Gasteiger partial charge in [0.05, 0.1) is 25.4 Å². The van der Waals surface area contributed by atoms with Crippen LogP contribution in [0.1, 0.15) is 18.4 Å². The third-order valence-corrected chi connectivity index (χ3v) is 5.13. The molecule has 2 aliphatic rings. The monoisotopic (exact) mass is 375 g/mol. The smallest absolute Gasteiger partial charge is 0.123 e. The SMILES string of the molecule is COc1ccc(F)cc1C[C@@](O)(C1CCOCC1)[C@@H]1CNCCO1.Cl. The summed E-state index contributed by atoms with van der Waals surface area (Å²) in [5.41, 5.74) is -0.418. The molecule has 0 spiro atoms. The fraction of sp³-hybridized carbons (Fsp3) is 0.667. The second-order valence-corrected chi connectivity index (χ2v) is 6.57. The van der Waals surface area contributed by atoms with E-state index in [1.807, 2.05) is 0 Å². The molecule has 0 aliphatic carbocycles. The van der Waals surface area contributed by atoms with Crippen molar-refractivity contribution in [2.24, 2.45) is 5.92 Å². The van der Waals surface area contributed by atoms with E-state index < -0.39 is 5.60 Å². The molecule has 1 aromatic carbocycles. The van der Waals surface area contributed by atoms with Crippen molar-refractivity contribution in [2.75, 3.05) is 40.0 Å². The van der Waals surface area contributed by atoms with Gasteiger partial charge in [-0.3, -0.25) is 0 Å². The van der Waals surface area contributed by atoms with Gasteiger partial charge in [0.15, 0.2) is 0 Å². The Morgan fingerprint density at radius 3 is 2.72 bits per heavy atom. The highest BCUT2D eigenvalue weighted by atomic mass is 35.5. The van der Waals surface area contributed by atoms with Gasteiger partial charge >= 0.3 is 0 Å². The van der Waals surface area contributed by atoms with E-state index in [9.17, 15) is 9.50 Å². The molecule has 0 amide bonds. The van der Waals surface area contributed by atoms with Crippen molar-refractivity contribution in [3.8, 4) is 5.75 Å². The quantitative estimate of drug-likeness (QED) is 0.823. The second kappa shape index (κ2) is 9.14. The Kier molecular flexibility index (Phi) is 7.46. The van der Waals surface area contributed by atoms with Crippen molar-refractivity contribution in [3.63, 3.8) is 0 Å². The zero-order chi connectivity index (χ0) is 17.0. The third kappa shape index (κ3) is 4.63. The number of hydrogen-bond acceptors (Lipinski definition) is 5. The molecule has 0 aromatic heterocycles. The van der Waals surface area contributed by atoms with Crippen molar-refractivity contribution in [3.05, 3.63) is 29.6 Å². The summed E-state index contributed by atoms with van der Waals surface area (Å²) >= 11 is 0. The molecule has 7 heteroatoms. The highest BCUT2D eigenvalue weighted by Crippen LogP contribution is 2.37. The van der Waals surface area contributed by atoms with E-state index in [0.717, 1.165) is 19.4 Å². The summed E-state index contributed by atoms with van der Waals surface area (Å²) < 4.78 is 30.4. The molecule has 2 aliphatic heterocycles. The standard InChI is InChI=1S/C18H26FNO4.ClH/c1-22-16-3-2-15(19)10-13(16)11-18(21,14-4-7-23-8-5-14)17-12-20-6-9-24-17;/h2-3,10,14,17,20-21H,4-9,11-12H2,1H3;1H/t17-,18+;/m0./s1. The van der Waals surface area contributed by atoms with Gasteiger partial charge < -0.3 is 24.6 Å². The number of benzene rings is 1. The molecular weight excluding hydrogens is 349 g/mol. The summed E-state index contributed by atoms with van der Waals surface area (Å²) in [6.45, 7) is 3.20. The van der Waals surface area contributed by atoms with E-state index in [2.05, 4.69) is 5.32 Å². The number of morpholine rings is 1. The number of nitrogens with one attached hydrogen (secondary N) is 1. The summed E-state index contributed by atoms with van der Waals surface area (Å²) in [6, 6.07) is 4.42. The van der Waals surface area contributed by atoms with Crippen LogP contribution in [0, 0.1) is 11.7 Å². The largest absolute Gasteiger partial charge is 0.496 e. The fourth-order valence-corrected chi connectivity index (χ4v) is 3.80. The average Bonchev–Trinajstić information content (AvgIpc) is 2.63.